The summed E-state index contributed by atoms with van der Waals surface area (Å²) < 4.78 is 77.3. The SMILES string of the molecule is CC(C)c1ccccc1NS(=O)(=O)c1cccc(S(=O)(=O)[C@@H]2CCS(=O)(=O)C2)c1. The lowest BCUT2D eigenvalue weighted by Gasteiger charge is -2.16. The molecule has 0 spiro atoms. The molecule has 1 aliphatic rings. The molecule has 1 fully saturated rings. The first-order valence-corrected chi connectivity index (χ1v) is 13.9. The summed E-state index contributed by atoms with van der Waals surface area (Å²) in [4.78, 5) is -0.391. The Morgan fingerprint density at radius 2 is 1.62 bits per heavy atom. The molecule has 1 aliphatic heterocycles. The summed E-state index contributed by atoms with van der Waals surface area (Å²) in [7, 11) is -11.4. The van der Waals surface area contributed by atoms with E-state index < -0.39 is 40.7 Å². The molecule has 1 N–H and O–H groups in total. The third kappa shape index (κ3) is 4.65. The van der Waals surface area contributed by atoms with Gasteiger partial charge in [0.1, 0.15) is 0 Å². The number of sulfonamides is 1. The summed E-state index contributed by atoms with van der Waals surface area (Å²) in [6.07, 6.45) is 0.0155. The van der Waals surface area contributed by atoms with Crippen molar-refractivity contribution in [2.75, 3.05) is 16.2 Å². The van der Waals surface area contributed by atoms with Crippen LogP contribution >= 0.6 is 0 Å². The summed E-state index contributed by atoms with van der Waals surface area (Å²) in [5.41, 5.74) is 1.24. The molecule has 1 heterocycles. The molecule has 7 nitrogen and oxygen atoms in total. The number of para-hydroxylation sites is 1. The van der Waals surface area contributed by atoms with Gasteiger partial charge in [-0.15, -0.1) is 0 Å². The fraction of sp³-hybridized carbons (Fsp3) is 0.368. The first kappa shape index (κ1) is 21.8. The average molecular weight is 458 g/mol. The maximum atomic E-state index is 12.9. The van der Waals surface area contributed by atoms with Gasteiger partial charge in [0.15, 0.2) is 19.7 Å². The number of nitrogens with one attached hydrogen (secondary N) is 1. The predicted molar refractivity (Wildman–Crippen MR) is 112 cm³/mol. The van der Waals surface area contributed by atoms with Crippen LogP contribution in [-0.2, 0) is 29.7 Å². The largest absolute Gasteiger partial charge is 0.279 e. The van der Waals surface area contributed by atoms with Gasteiger partial charge in [0, 0.05) is 0 Å². The average Bonchev–Trinajstić information content (AvgIpc) is 3.02. The fourth-order valence-electron chi connectivity index (χ4n) is 3.31. The molecule has 0 saturated carbocycles. The number of hydrogen-bond acceptors (Lipinski definition) is 6. The monoisotopic (exact) mass is 457 g/mol. The van der Waals surface area contributed by atoms with Gasteiger partial charge in [-0.3, -0.25) is 4.72 Å². The second-order valence-electron chi connectivity index (χ2n) is 7.39. The van der Waals surface area contributed by atoms with Crippen molar-refractivity contribution in [2.24, 2.45) is 0 Å². The Labute approximate surface area is 172 Å². The molecule has 0 amide bonds. The topological polar surface area (TPSA) is 114 Å². The van der Waals surface area contributed by atoms with Crippen LogP contribution in [0.2, 0.25) is 0 Å². The van der Waals surface area contributed by atoms with Crippen LogP contribution in [0.1, 0.15) is 31.7 Å². The van der Waals surface area contributed by atoms with Crippen LogP contribution in [0.4, 0.5) is 5.69 Å². The quantitative estimate of drug-likeness (QED) is 0.713. The number of rotatable bonds is 6. The van der Waals surface area contributed by atoms with E-state index in [0.717, 1.165) is 11.6 Å². The smallest absolute Gasteiger partial charge is 0.261 e. The van der Waals surface area contributed by atoms with Crippen LogP contribution in [-0.4, -0.2) is 42.0 Å². The molecule has 1 saturated heterocycles. The third-order valence-corrected chi connectivity index (χ3v) is 10.4. The molecule has 158 valence electrons. The van der Waals surface area contributed by atoms with E-state index in [4.69, 9.17) is 0 Å². The maximum Gasteiger partial charge on any atom is 0.261 e. The van der Waals surface area contributed by atoms with Gasteiger partial charge in [0.05, 0.1) is 32.2 Å². The highest BCUT2D eigenvalue weighted by molar-refractivity contribution is 7.96. The van der Waals surface area contributed by atoms with E-state index in [9.17, 15) is 25.3 Å². The second kappa shape index (κ2) is 7.73. The van der Waals surface area contributed by atoms with Crippen molar-refractivity contribution in [2.45, 2.75) is 41.2 Å². The summed E-state index contributed by atoms with van der Waals surface area (Å²) in [5.74, 6) is -0.528. The molecule has 10 heteroatoms. The van der Waals surface area contributed by atoms with Gasteiger partial charge in [-0.05, 0) is 42.2 Å². The van der Waals surface area contributed by atoms with Crippen molar-refractivity contribution in [3.05, 3.63) is 54.1 Å². The number of hydrogen-bond donors (Lipinski definition) is 1. The molecule has 0 aliphatic carbocycles. The Balaban J connectivity index is 1.95. The number of anilines is 1. The zero-order chi connectivity index (χ0) is 21.4. The molecule has 2 aromatic rings. The lowest BCUT2D eigenvalue weighted by molar-refractivity contribution is 0.582. The van der Waals surface area contributed by atoms with Crippen molar-refractivity contribution < 1.29 is 25.3 Å². The summed E-state index contributed by atoms with van der Waals surface area (Å²) in [5, 5.41) is -1.06. The minimum Gasteiger partial charge on any atom is -0.279 e. The van der Waals surface area contributed by atoms with E-state index >= 15 is 0 Å². The highest BCUT2D eigenvalue weighted by Crippen LogP contribution is 2.29. The predicted octanol–water partition coefficient (Wildman–Crippen LogP) is 2.57. The van der Waals surface area contributed by atoms with E-state index in [2.05, 4.69) is 4.72 Å². The van der Waals surface area contributed by atoms with Crippen LogP contribution in [0.25, 0.3) is 0 Å². The van der Waals surface area contributed by atoms with Crippen LogP contribution in [0.3, 0.4) is 0 Å². The van der Waals surface area contributed by atoms with Crippen molar-refractivity contribution in [3.8, 4) is 0 Å². The summed E-state index contributed by atoms with van der Waals surface area (Å²) in [6, 6.07) is 12.0. The lowest BCUT2D eigenvalue weighted by atomic mass is 10.0. The summed E-state index contributed by atoms with van der Waals surface area (Å²) >= 11 is 0. The van der Waals surface area contributed by atoms with Gasteiger partial charge in [-0.2, -0.15) is 0 Å². The lowest BCUT2D eigenvalue weighted by Crippen LogP contribution is -2.23. The molecule has 29 heavy (non-hydrogen) atoms. The van der Waals surface area contributed by atoms with Gasteiger partial charge in [0.2, 0.25) is 0 Å². The standard InChI is InChI=1S/C19H23NO6S3/c1-14(2)18-8-3-4-9-19(18)20-29(25,26)16-7-5-6-15(12-16)28(23,24)17-10-11-27(21,22)13-17/h3-9,12,14,17,20H,10-11,13H2,1-2H3/t17-/m1/s1. The normalized spacial score (nSPS) is 19.3. The molecular weight excluding hydrogens is 434 g/mol. The minimum absolute atomic E-state index is 0.0155. The molecule has 0 radical (unpaired) electrons. The van der Waals surface area contributed by atoms with Crippen LogP contribution in [0, 0.1) is 0 Å². The Bertz CT molecular complexity index is 1230. The zero-order valence-electron chi connectivity index (χ0n) is 16.1. The Kier molecular flexibility index (Phi) is 5.81. The van der Waals surface area contributed by atoms with Crippen LogP contribution in [0.15, 0.2) is 58.3 Å². The van der Waals surface area contributed by atoms with Crippen molar-refractivity contribution >= 4 is 35.4 Å². The molecule has 3 rings (SSSR count). The first-order chi connectivity index (χ1) is 13.4. The van der Waals surface area contributed by atoms with Gasteiger partial charge in [-0.25, -0.2) is 25.3 Å². The fourth-order valence-corrected chi connectivity index (χ4v) is 8.92. The number of benzene rings is 2. The number of sulfone groups is 2. The van der Waals surface area contributed by atoms with E-state index in [1.54, 1.807) is 12.1 Å². The van der Waals surface area contributed by atoms with Gasteiger partial charge < -0.3 is 0 Å². The van der Waals surface area contributed by atoms with E-state index in [1.165, 1.54) is 18.2 Å². The van der Waals surface area contributed by atoms with E-state index in [1.807, 2.05) is 26.0 Å². The first-order valence-electron chi connectivity index (χ1n) is 9.08. The minimum atomic E-state index is -4.03. The van der Waals surface area contributed by atoms with Crippen molar-refractivity contribution in [3.63, 3.8) is 0 Å². The molecule has 2 aromatic carbocycles. The molecule has 1 atom stereocenters. The second-order valence-corrected chi connectivity index (χ2v) is 13.5. The Morgan fingerprint density at radius 3 is 2.24 bits per heavy atom. The highest BCUT2D eigenvalue weighted by Gasteiger charge is 2.38. The molecule has 0 bridgehead atoms. The molecule has 0 aromatic heterocycles. The van der Waals surface area contributed by atoms with Gasteiger partial charge in [-0.1, -0.05) is 38.1 Å². The Morgan fingerprint density at radius 1 is 0.966 bits per heavy atom. The van der Waals surface area contributed by atoms with Gasteiger partial charge >= 0.3 is 0 Å². The summed E-state index contributed by atoms with van der Waals surface area (Å²) in [6.45, 7) is 3.88. The zero-order valence-corrected chi connectivity index (χ0v) is 18.5. The van der Waals surface area contributed by atoms with Crippen LogP contribution in [0.5, 0.6) is 0 Å². The highest BCUT2D eigenvalue weighted by atomic mass is 32.2. The molecular formula is C19H23NO6S3. The maximum absolute atomic E-state index is 12.9. The van der Waals surface area contributed by atoms with Crippen molar-refractivity contribution in [1.82, 2.24) is 0 Å². The van der Waals surface area contributed by atoms with E-state index in [0.29, 0.717) is 5.69 Å². The molecule has 0 unspecified atom stereocenters. The van der Waals surface area contributed by atoms with Gasteiger partial charge in [0.25, 0.3) is 10.0 Å². The third-order valence-electron chi connectivity index (χ3n) is 4.90. The Hall–Kier alpha value is -1.91. The van der Waals surface area contributed by atoms with E-state index in [-0.39, 0.29) is 27.9 Å². The van der Waals surface area contributed by atoms with Crippen LogP contribution < -0.4 is 4.72 Å². The van der Waals surface area contributed by atoms with Crippen molar-refractivity contribution in [1.29, 1.82) is 0 Å².